The zero-order valence-corrected chi connectivity index (χ0v) is 23.6. The van der Waals surface area contributed by atoms with Gasteiger partial charge in [0.15, 0.2) is 5.76 Å². The number of carbonyl (C=O) groups is 2. The van der Waals surface area contributed by atoms with Crippen molar-refractivity contribution < 1.29 is 23.2 Å². The first kappa shape index (κ1) is 27.3. The lowest BCUT2D eigenvalue weighted by Gasteiger charge is -2.38. The van der Waals surface area contributed by atoms with Crippen molar-refractivity contribution in [2.45, 2.75) is 52.8 Å². The quantitative estimate of drug-likeness (QED) is 0.241. The van der Waals surface area contributed by atoms with Gasteiger partial charge in [-0.15, -0.1) is 0 Å². The number of fused-ring (bicyclic) bond motifs is 1. The molecule has 1 unspecified atom stereocenters. The van der Waals surface area contributed by atoms with Crippen LogP contribution < -0.4 is 4.74 Å². The normalized spacial score (nSPS) is 14.7. The highest BCUT2D eigenvalue weighted by molar-refractivity contribution is 5.91. The van der Waals surface area contributed by atoms with Crippen LogP contribution >= 0.6 is 0 Å². The lowest BCUT2D eigenvalue weighted by Crippen LogP contribution is -2.41. The van der Waals surface area contributed by atoms with E-state index in [-0.39, 0.29) is 36.1 Å². The van der Waals surface area contributed by atoms with Gasteiger partial charge in [-0.2, -0.15) is 0 Å². The molecule has 0 aliphatic carbocycles. The standard InChI is InChI=1S/C33H36N2O5/c1-22(2)18-31(36)35-16-15-24-11-12-26(19-29(24)32(35)25-9-7-23(3)8-10-25)39-21-28-13-14-30(40-28)33(37)34(4)20-27-6-5-17-38-27/h5-14,17,19,22,32H,15-16,18,20-21H2,1-4H3. The number of amides is 2. The number of aryl methyl sites for hydroxylation is 1. The summed E-state index contributed by atoms with van der Waals surface area (Å²) in [5.41, 5.74) is 4.57. The number of rotatable bonds is 9. The van der Waals surface area contributed by atoms with Crippen molar-refractivity contribution >= 4 is 11.8 Å². The lowest BCUT2D eigenvalue weighted by atomic mass is 9.87. The molecule has 0 saturated heterocycles. The van der Waals surface area contributed by atoms with Gasteiger partial charge in [-0.1, -0.05) is 49.7 Å². The van der Waals surface area contributed by atoms with E-state index in [0.29, 0.717) is 36.8 Å². The van der Waals surface area contributed by atoms with Crippen molar-refractivity contribution in [3.05, 3.63) is 113 Å². The van der Waals surface area contributed by atoms with Crippen LogP contribution in [0.1, 0.15) is 70.6 Å². The van der Waals surface area contributed by atoms with Crippen LogP contribution in [-0.2, 0) is 24.4 Å². The Morgan fingerprint density at radius 3 is 2.58 bits per heavy atom. The van der Waals surface area contributed by atoms with Crippen LogP contribution in [0.2, 0.25) is 0 Å². The number of benzene rings is 2. The largest absolute Gasteiger partial charge is 0.486 e. The average molecular weight is 541 g/mol. The van der Waals surface area contributed by atoms with Gasteiger partial charge in [-0.05, 0) is 72.4 Å². The molecule has 1 aliphatic rings. The van der Waals surface area contributed by atoms with Gasteiger partial charge in [0.1, 0.15) is 23.9 Å². The average Bonchev–Trinajstić information content (AvgIpc) is 3.63. The molecule has 0 N–H and O–H groups in total. The minimum atomic E-state index is -0.233. The molecule has 0 bridgehead atoms. The van der Waals surface area contributed by atoms with Gasteiger partial charge in [0.25, 0.3) is 5.91 Å². The third kappa shape index (κ3) is 6.14. The van der Waals surface area contributed by atoms with Crippen molar-refractivity contribution in [3.8, 4) is 5.75 Å². The maximum atomic E-state index is 13.3. The van der Waals surface area contributed by atoms with E-state index in [4.69, 9.17) is 13.6 Å². The molecule has 1 aliphatic heterocycles. The summed E-state index contributed by atoms with van der Waals surface area (Å²) in [6, 6.07) is 21.4. The summed E-state index contributed by atoms with van der Waals surface area (Å²) in [6.07, 6.45) is 2.90. The number of hydrogen-bond acceptors (Lipinski definition) is 5. The minimum absolute atomic E-state index is 0.169. The molecule has 0 fully saturated rings. The van der Waals surface area contributed by atoms with Crippen LogP contribution in [-0.4, -0.2) is 35.2 Å². The van der Waals surface area contributed by atoms with E-state index in [9.17, 15) is 9.59 Å². The predicted octanol–water partition coefficient (Wildman–Crippen LogP) is 6.55. The molecule has 40 heavy (non-hydrogen) atoms. The lowest BCUT2D eigenvalue weighted by molar-refractivity contribution is -0.134. The maximum absolute atomic E-state index is 13.3. The Balaban J connectivity index is 1.33. The molecule has 1 atom stereocenters. The number of carbonyl (C=O) groups excluding carboxylic acids is 2. The van der Waals surface area contributed by atoms with E-state index in [2.05, 4.69) is 51.1 Å². The van der Waals surface area contributed by atoms with E-state index < -0.39 is 0 Å². The van der Waals surface area contributed by atoms with Gasteiger partial charge < -0.3 is 23.4 Å². The molecule has 0 radical (unpaired) electrons. The number of furan rings is 2. The second kappa shape index (κ2) is 11.9. The van der Waals surface area contributed by atoms with Gasteiger partial charge in [0.05, 0.1) is 18.8 Å². The van der Waals surface area contributed by atoms with Gasteiger partial charge in [-0.25, -0.2) is 0 Å². The first-order valence-electron chi connectivity index (χ1n) is 13.8. The van der Waals surface area contributed by atoms with Crippen molar-refractivity contribution in [1.82, 2.24) is 9.80 Å². The second-order valence-corrected chi connectivity index (χ2v) is 10.9. The molecule has 7 nitrogen and oxygen atoms in total. The molecule has 0 spiro atoms. The Kier molecular flexibility index (Phi) is 8.10. The smallest absolute Gasteiger partial charge is 0.289 e. The third-order valence-corrected chi connectivity index (χ3v) is 7.22. The van der Waals surface area contributed by atoms with Crippen LogP contribution in [0.3, 0.4) is 0 Å². The third-order valence-electron chi connectivity index (χ3n) is 7.22. The van der Waals surface area contributed by atoms with Crippen LogP contribution in [0, 0.1) is 12.8 Å². The van der Waals surface area contributed by atoms with E-state index in [1.54, 1.807) is 36.4 Å². The van der Waals surface area contributed by atoms with Crippen LogP contribution in [0.25, 0.3) is 0 Å². The Bertz CT molecular complexity index is 1450. The first-order chi connectivity index (χ1) is 19.3. The first-order valence-corrected chi connectivity index (χ1v) is 13.8. The van der Waals surface area contributed by atoms with Gasteiger partial charge in [0.2, 0.25) is 5.91 Å². The van der Waals surface area contributed by atoms with Gasteiger partial charge in [0, 0.05) is 20.0 Å². The van der Waals surface area contributed by atoms with Crippen LogP contribution in [0.5, 0.6) is 5.75 Å². The molecule has 2 aromatic carbocycles. The fraction of sp³-hybridized carbons (Fsp3) is 0.333. The topological polar surface area (TPSA) is 76.1 Å². The molecule has 2 amide bonds. The van der Waals surface area contributed by atoms with Crippen LogP contribution in [0.4, 0.5) is 0 Å². The second-order valence-electron chi connectivity index (χ2n) is 10.9. The Morgan fingerprint density at radius 1 is 1.05 bits per heavy atom. The summed E-state index contributed by atoms with van der Waals surface area (Å²) in [5, 5.41) is 0. The highest BCUT2D eigenvalue weighted by Crippen LogP contribution is 2.38. The van der Waals surface area contributed by atoms with E-state index in [1.165, 1.54) is 11.1 Å². The Morgan fingerprint density at radius 2 is 1.85 bits per heavy atom. The van der Waals surface area contributed by atoms with E-state index in [0.717, 1.165) is 17.5 Å². The molecular formula is C33H36N2O5. The number of hydrogen-bond donors (Lipinski definition) is 0. The fourth-order valence-electron chi connectivity index (χ4n) is 5.15. The van der Waals surface area contributed by atoms with E-state index in [1.807, 2.05) is 23.1 Å². The molecule has 3 heterocycles. The SMILES string of the molecule is Cc1ccc(C2c3cc(OCc4ccc(C(=O)N(C)Cc5ccco5)o4)ccc3CCN2C(=O)CC(C)C)cc1. The minimum Gasteiger partial charge on any atom is -0.486 e. The molecule has 208 valence electrons. The summed E-state index contributed by atoms with van der Waals surface area (Å²) in [6.45, 7) is 7.44. The molecular weight excluding hydrogens is 504 g/mol. The molecule has 7 heteroatoms. The highest BCUT2D eigenvalue weighted by atomic mass is 16.5. The predicted molar refractivity (Wildman–Crippen MR) is 152 cm³/mol. The highest BCUT2D eigenvalue weighted by Gasteiger charge is 2.32. The van der Waals surface area contributed by atoms with Crippen molar-refractivity contribution in [2.75, 3.05) is 13.6 Å². The monoisotopic (exact) mass is 540 g/mol. The Hall–Kier alpha value is -4.26. The van der Waals surface area contributed by atoms with Crippen LogP contribution in [0.15, 0.2) is 81.8 Å². The van der Waals surface area contributed by atoms with Crippen molar-refractivity contribution in [2.24, 2.45) is 5.92 Å². The molecule has 4 aromatic rings. The summed E-state index contributed by atoms with van der Waals surface area (Å²) in [7, 11) is 1.70. The van der Waals surface area contributed by atoms with E-state index >= 15 is 0 Å². The summed E-state index contributed by atoms with van der Waals surface area (Å²) >= 11 is 0. The maximum Gasteiger partial charge on any atom is 0.289 e. The van der Waals surface area contributed by atoms with Gasteiger partial charge >= 0.3 is 0 Å². The molecule has 0 saturated carbocycles. The van der Waals surface area contributed by atoms with Crippen molar-refractivity contribution in [3.63, 3.8) is 0 Å². The number of nitrogens with zero attached hydrogens (tertiary/aromatic N) is 2. The van der Waals surface area contributed by atoms with Gasteiger partial charge in [-0.3, -0.25) is 9.59 Å². The number of ether oxygens (including phenoxy) is 1. The Labute approximate surface area is 235 Å². The zero-order valence-electron chi connectivity index (χ0n) is 23.6. The fourth-order valence-corrected chi connectivity index (χ4v) is 5.15. The van der Waals surface area contributed by atoms with Crippen molar-refractivity contribution in [1.29, 1.82) is 0 Å². The summed E-state index contributed by atoms with van der Waals surface area (Å²) in [4.78, 5) is 29.6. The zero-order chi connectivity index (χ0) is 28.2. The molecule has 5 rings (SSSR count). The molecule has 2 aromatic heterocycles. The summed E-state index contributed by atoms with van der Waals surface area (Å²) in [5.74, 6) is 2.41. The summed E-state index contributed by atoms with van der Waals surface area (Å²) < 4.78 is 17.3.